The fraction of sp³-hybridized carbons (Fsp3) is 0.462. The fourth-order valence-electron chi connectivity index (χ4n) is 2.16. The van der Waals surface area contributed by atoms with Crippen molar-refractivity contribution in [2.24, 2.45) is 5.73 Å². The highest BCUT2D eigenvalue weighted by Gasteiger charge is 2.36. The Labute approximate surface area is 138 Å². The summed E-state index contributed by atoms with van der Waals surface area (Å²) in [5.74, 6) is 0. The van der Waals surface area contributed by atoms with E-state index in [1.165, 1.54) is 6.07 Å². The number of alkyl halides is 3. The summed E-state index contributed by atoms with van der Waals surface area (Å²) in [6.07, 6.45) is -2.43. The first-order valence-electron chi connectivity index (χ1n) is 6.47. The Morgan fingerprint density at radius 2 is 1.96 bits per heavy atom. The first kappa shape index (κ1) is 19.7. The molecule has 0 aromatic heterocycles. The van der Waals surface area contributed by atoms with Crippen LogP contribution < -0.4 is 10.5 Å². The standard InChI is InChI=1S/C13H14F3N3O2S.ClH/c14-13(15,16)11-3-2-10(6-9(11)7-17)22(20,21)19-8-12(18)4-1-5-12;/h2-3,6,19H,1,4-5,8,18H2;1H. The third kappa shape index (κ3) is 4.35. The van der Waals surface area contributed by atoms with E-state index in [1.54, 1.807) is 0 Å². The molecule has 1 saturated carbocycles. The van der Waals surface area contributed by atoms with Crippen LogP contribution in [0.25, 0.3) is 0 Å². The van der Waals surface area contributed by atoms with Crippen LogP contribution in [0.15, 0.2) is 23.1 Å². The zero-order chi connectivity index (χ0) is 16.6. The quantitative estimate of drug-likeness (QED) is 0.850. The molecule has 5 nitrogen and oxygen atoms in total. The van der Waals surface area contributed by atoms with Crippen molar-refractivity contribution < 1.29 is 21.6 Å². The van der Waals surface area contributed by atoms with E-state index in [4.69, 9.17) is 11.0 Å². The maximum Gasteiger partial charge on any atom is 0.417 e. The molecular weight excluding hydrogens is 355 g/mol. The molecule has 2 rings (SSSR count). The summed E-state index contributed by atoms with van der Waals surface area (Å²) < 4.78 is 64.5. The minimum absolute atomic E-state index is 0. The third-order valence-corrected chi connectivity index (χ3v) is 5.09. The van der Waals surface area contributed by atoms with Crippen LogP contribution in [0.5, 0.6) is 0 Å². The van der Waals surface area contributed by atoms with E-state index in [0.29, 0.717) is 18.9 Å². The van der Waals surface area contributed by atoms with Gasteiger partial charge < -0.3 is 5.73 Å². The Morgan fingerprint density at radius 3 is 2.39 bits per heavy atom. The van der Waals surface area contributed by atoms with E-state index in [2.05, 4.69) is 4.72 Å². The monoisotopic (exact) mass is 369 g/mol. The molecule has 0 heterocycles. The van der Waals surface area contributed by atoms with E-state index in [-0.39, 0.29) is 23.8 Å². The van der Waals surface area contributed by atoms with Crippen molar-refractivity contribution in [1.29, 1.82) is 5.26 Å². The molecule has 23 heavy (non-hydrogen) atoms. The molecule has 1 aliphatic rings. The lowest BCUT2D eigenvalue weighted by Gasteiger charge is -2.38. The van der Waals surface area contributed by atoms with Crippen molar-refractivity contribution in [2.75, 3.05) is 6.54 Å². The Morgan fingerprint density at radius 1 is 1.35 bits per heavy atom. The molecule has 0 aliphatic heterocycles. The number of nitriles is 1. The highest BCUT2D eigenvalue weighted by molar-refractivity contribution is 7.89. The molecule has 0 saturated heterocycles. The van der Waals surface area contributed by atoms with Gasteiger partial charge in [0.2, 0.25) is 10.0 Å². The van der Waals surface area contributed by atoms with E-state index in [1.807, 2.05) is 0 Å². The molecule has 0 spiro atoms. The average molecular weight is 370 g/mol. The van der Waals surface area contributed by atoms with Crippen LogP contribution in [0.1, 0.15) is 30.4 Å². The summed E-state index contributed by atoms with van der Waals surface area (Å²) in [4.78, 5) is -0.389. The van der Waals surface area contributed by atoms with Crippen LogP contribution in [0.3, 0.4) is 0 Å². The fourth-order valence-corrected chi connectivity index (χ4v) is 3.32. The van der Waals surface area contributed by atoms with Crippen molar-refractivity contribution in [3.63, 3.8) is 0 Å². The van der Waals surface area contributed by atoms with Crippen LogP contribution in [-0.4, -0.2) is 20.5 Å². The van der Waals surface area contributed by atoms with E-state index in [0.717, 1.165) is 18.6 Å². The van der Waals surface area contributed by atoms with Crippen LogP contribution in [-0.2, 0) is 16.2 Å². The predicted octanol–water partition coefficient (Wildman–Crippen LogP) is 2.16. The van der Waals surface area contributed by atoms with Gasteiger partial charge in [0.15, 0.2) is 0 Å². The summed E-state index contributed by atoms with van der Waals surface area (Å²) in [6.45, 7) is 0.0121. The molecule has 1 aliphatic carbocycles. The zero-order valence-corrected chi connectivity index (χ0v) is 13.5. The number of hydrogen-bond acceptors (Lipinski definition) is 4. The summed E-state index contributed by atoms with van der Waals surface area (Å²) in [5.41, 5.74) is 3.40. The van der Waals surface area contributed by atoms with Gasteiger partial charge in [0.25, 0.3) is 0 Å². The van der Waals surface area contributed by atoms with Gasteiger partial charge in [-0.15, -0.1) is 12.4 Å². The number of rotatable bonds is 4. The number of sulfonamides is 1. The molecule has 0 amide bonds. The molecule has 0 radical (unpaired) electrons. The van der Waals surface area contributed by atoms with Gasteiger partial charge in [-0.25, -0.2) is 13.1 Å². The van der Waals surface area contributed by atoms with Gasteiger partial charge in [-0.1, -0.05) is 0 Å². The van der Waals surface area contributed by atoms with E-state index in [9.17, 15) is 21.6 Å². The topological polar surface area (TPSA) is 96.0 Å². The van der Waals surface area contributed by atoms with Crippen molar-refractivity contribution in [1.82, 2.24) is 4.72 Å². The van der Waals surface area contributed by atoms with Gasteiger partial charge in [-0.3, -0.25) is 0 Å². The normalized spacial score (nSPS) is 16.8. The van der Waals surface area contributed by atoms with Gasteiger partial charge in [0.05, 0.1) is 22.1 Å². The second kappa shape index (κ2) is 6.65. The maximum atomic E-state index is 12.7. The van der Waals surface area contributed by atoms with Crippen LogP contribution in [0.2, 0.25) is 0 Å². The van der Waals surface area contributed by atoms with Crippen LogP contribution in [0, 0.1) is 11.3 Å². The number of nitrogens with two attached hydrogens (primary N) is 1. The molecule has 1 aromatic rings. The molecule has 0 bridgehead atoms. The highest BCUT2D eigenvalue weighted by atomic mass is 35.5. The maximum absolute atomic E-state index is 12.7. The SMILES string of the molecule is Cl.N#Cc1cc(S(=O)(=O)NCC2(N)CCC2)ccc1C(F)(F)F. The summed E-state index contributed by atoms with van der Waals surface area (Å²) in [7, 11) is -4.01. The lowest BCUT2D eigenvalue weighted by molar-refractivity contribution is -0.137. The number of nitrogens with one attached hydrogen (secondary N) is 1. The first-order valence-corrected chi connectivity index (χ1v) is 7.96. The van der Waals surface area contributed by atoms with Gasteiger partial charge >= 0.3 is 6.18 Å². The first-order chi connectivity index (χ1) is 10.1. The highest BCUT2D eigenvalue weighted by Crippen LogP contribution is 2.33. The van der Waals surface area contributed by atoms with Gasteiger partial charge in [-0.2, -0.15) is 18.4 Å². The molecule has 1 fully saturated rings. The summed E-state index contributed by atoms with van der Waals surface area (Å²) in [6, 6.07) is 3.51. The van der Waals surface area contributed by atoms with Gasteiger partial charge in [0, 0.05) is 12.1 Å². The smallest absolute Gasteiger partial charge is 0.324 e. The second-order valence-corrected chi connectivity index (χ2v) is 7.12. The van der Waals surface area contributed by atoms with Gasteiger partial charge in [-0.05, 0) is 37.5 Å². The number of benzene rings is 1. The Hall–Kier alpha value is -1.34. The van der Waals surface area contributed by atoms with Crippen molar-refractivity contribution in [3.8, 4) is 6.07 Å². The lowest BCUT2D eigenvalue weighted by Crippen LogP contribution is -2.54. The largest absolute Gasteiger partial charge is 0.417 e. The molecule has 128 valence electrons. The molecule has 3 N–H and O–H groups in total. The number of hydrogen-bond donors (Lipinski definition) is 2. The Balaban J connectivity index is 0.00000264. The van der Waals surface area contributed by atoms with Crippen molar-refractivity contribution in [2.45, 2.75) is 35.9 Å². The zero-order valence-electron chi connectivity index (χ0n) is 11.9. The Kier molecular flexibility index (Phi) is 5.70. The van der Waals surface area contributed by atoms with Gasteiger partial charge in [0.1, 0.15) is 0 Å². The summed E-state index contributed by atoms with van der Waals surface area (Å²) in [5, 5.41) is 8.79. The minimum Gasteiger partial charge on any atom is -0.324 e. The molecule has 0 atom stereocenters. The Bertz CT molecular complexity index is 725. The third-order valence-electron chi connectivity index (χ3n) is 3.69. The second-order valence-electron chi connectivity index (χ2n) is 5.36. The van der Waals surface area contributed by atoms with E-state index < -0.39 is 32.9 Å². The predicted molar refractivity (Wildman–Crippen MR) is 79.4 cm³/mol. The van der Waals surface area contributed by atoms with Crippen molar-refractivity contribution >= 4 is 22.4 Å². The van der Waals surface area contributed by atoms with E-state index >= 15 is 0 Å². The summed E-state index contributed by atoms with van der Waals surface area (Å²) >= 11 is 0. The van der Waals surface area contributed by atoms with Crippen LogP contribution >= 0.6 is 12.4 Å². The van der Waals surface area contributed by atoms with Crippen LogP contribution in [0.4, 0.5) is 13.2 Å². The molecule has 10 heteroatoms. The molecule has 0 unspecified atom stereocenters. The van der Waals surface area contributed by atoms with Crippen molar-refractivity contribution in [3.05, 3.63) is 29.3 Å². The number of halogens is 4. The lowest BCUT2D eigenvalue weighted by atomic mass is 9.78. The number of nitrogens with zero attached hydrogens (tertiary/aromatic N) is 1. The minimum atomic E-state index is -4.71. The molecular formula is C13H15ClF3N3O2S. The average Bonchev–Trinajstić information content (AvgIpc) is 2.41. The molecule has 1 aromatic carbocycles.